The minimum Gasteiger partial charge on any atom is -0.481 e. The standard InChI is InChI=1S/C15H15NO3/c1-3-9-12(15(18)19)14(17)16-11-7-5-4-6-10(11)8(2)13(9)16/h4-7,9,12H,3H2,1-2H3,(H,18,19). The molecule has 2 aromatic rings. The molecule has 0 fully saturated rings. The second-order valence-corrected chi connectivity index (χ2v) is 5.03. The van der Waals surface area contributed by atoms with Crippen molar-refractivity contribution in [2.24, 2.45) is 5.92 Å². The second-order valence-electron chi connectivity index (χ2n) is 5.03. The summed E-state index contributed by atoms with van der Waals surface area (Å²) in [6.45, 7) is 3.90. The second kappa shape index (κ2) is 3.95. The predicted octanol–water partition coefficient (Wildman–Crippen LogP) is 2.80. The minimum absolute atomic E-state index is 0.225. The number of carbonyl (C=O) groups is 2. The number of nitrogens with zero attached hydrogens (tertiary/aromatic N) is 1. The molecule has 2 heterocycles. The molecule has 4 heteroatoms. The van der Waals surface area contributed by atoms with Gasteiger partial charge in [0.05, 0.1) is 5.52 Å². The van der Waals surface area contributed by atoms with E-state index in [2.05, 4.69) is 0 Å². The van der Waals surface area contributed by atoms with E-state index in [1.807, 2.05) is 38.1 Å². The molecule has 19 heavy (non-hydrogen) atoms. The highest BCUT2D eigenvalue weighted by Crippen LogP contribution is 2.42. The number of aromatic nitrogens is 1. The van der Waals surface area contributed by atoms with Gasteiger partial charge in [0.2, 0.25) is 5.91 Å². The Morgan fingerprint density at radius 1 is 1.37 bits per heavy atom. The molecule has 98 valence electrons. The van der Waals surface area contributed by atoms with Crippen molar-refractivity contribution in [2.45, 2.75) is 26.2 Å². The van der Waals surface area contributed by atoms with E-state index in [1.54, 1.807) is 4.57 Å². The summed E-state index contributed by atoms with van der Waals surface area (Å²) in [5.74, 6) is -2.50. The molecule has 4 nitrogen and oxygen atoms in total. The average molecular weight is 257 g/mol. The molecule has 0 radical (unpaired) electrons. The van der Waals surface area contributed by atoms with Gasteiger partial charge in [-0.25, -0.2) is 0 Å². The number of carbonyl (C=O) groups excluding carboxylic acids is 1. The maximum atomic E-state index is 12.4. The highest BCUT2D eigenvalue weighted by Gasteiger charge is 2.45. The molecule has 0 aliphatic carbocycles. The summed E-state index contributed by atoms with van der Waals surface area (Å²) >= 11 is 0. The van der Waals surface area contributed by atoms with Gasteiger partial charge in [-0.05, 0) is 25.0 Å². The number of benzene rings is 1. The van der Waals surface area contributed by atoms with E-state index >= 15 is 0 Å². The lowest BCUT2D eigenvalue weighted by Gasteiger charge is -2.12. The van der Waals surface area contributed by atoms with E-state index in [-0.39, 0.29) is 11.8 Å². The molecule has 1 aliphatic rings. The van der Waals surface area contributed by atoms with E-state index < -0.39 is 11.9 Å². The van der Waals surface area contributed by atoms with Gasteiger partial charge in [-0.2, -0.15) is 0 Å². The van der Waals surface area contributed by atoms with Crippen molar-refractivity contribution in [3.05, 3.63) is 35.5 Å². The number of fused-ring (bicyclic) bond motifs is 3. The van der Waals surface area contributed by atoms with Crippen molar-refractivity contribution >= 4 is 22.8 Å². The van der Waals surface area contributed by atoms with Crippen LogP contribution in [0.5, 0.6) is 0 Å². The maximum absolute atomic E-state index is 12.4. The molecular weight excluding hydrogens is 242 g/mol. The van der Waals surface area contributed by atoms with Crippen LogP contribution in [0.4, 0.5) is 0 Å². The van der Waals surface area contributed by atoms with Gasteiger partial charge >= 0.3 is 5.97 Å². The van der Waals surface area contributed by atoms with Crippen molar-refractivity contribution in [3.63, 3.8) is 0 Å². The molecule has 0 spiro atoms. The zero-order valence-corrected chi connectivity index (χ0v) is 10.9. The van der Waals surface area contributed by atoms with Crippen LogP contribution in [0, 0.1) is 12.8 Å². The topological polar surface area (TPSA) is 59.3 Å². The van der Waals surface area contributed by atoms with Crippen molar-refractivity contribution < 1.29 is 14.7 Å². The summed E-state index contributed by atoms with van der Waals surface area (Å²) < 4.78 is 1.61. The maximum Gasteiger partial charge on any atom is 0.316 e. The number of carboxylic acid groups (broad SMARTS) is 1. The van der Waals surface area contributed by atoms with Crippen LogP contribution in [-0.2, 0) is 4.79 Å². The first-order valence-corrected chi connectivity index (χ1v) is 6.44. The number of aryl methyl sites for hydroxylation is 1. The van der Waals surface area contributed by atoms with Crippen LogP contribution in [0.3, 0.4) is 0 Å². The third-order valence-electron chi connectivity index (χ3n) is 4.12. The number of para-hydroxylation sites is 1. The number of aliphatic carboxylic acids is 1. The minimum atomic E-state index is -1.02. The fourth-order valence-corrected chi connectivity index (χ4v) is 3.28. The molecule has 2 atom stereocenters. The van der Waals surface area contributed by atoms with Gasteiger partial charge < -0.3 is 5.11 Å². The molecule has 3 rings (SSSR count). The first kappa shape index (κ1) is 12.0. The summed E-state index contributed by atoms with van der Waals surface area (Å²) in [6, 6.07) is 7.66. The summed E-state index contributed by atoms with van der Waals surface area (Å²) in [5.41, 5.74) is 2.72. The Kier molecular flexibility index (Phi) is 2.49. The van der Waals surface area contributed by atoms with E-state index in [0.29, 0.717) is 6.42 Å². The number of carboxylic acids is 1. The van der Waals surface area contributed by atoms with Crippen LogP contribution in [-0.4, -0.2) is 21.6 Å². The molecule has 1 N–H and O–H groups in total. The van der Waals surface area contributed by atoms with Crippen LogP contribution in [0.15, 0.2) is 24.3 Å². The Balaban J connectivity index is 2.35. The highest BCUT2D eigenvalue weighted by atomic mass is 16.4. The highest BCUT2D eigenvalue weighted by molar-refractivity contribution is 6.07. The Morgan fingerprint density at radius 3 is 2.68 bits per heavy atom. The third-order valence-corrected chi connectivity index (χ3v) is 4.12. The molecule has 0 saturated carbocycles. The molecule has 0 bridgehead atoms. The normalized spacial score (nSPS) is 21.9. The van der Waals surface area contributed by atoms with Gasteiger partial charge in [-0.1, -0.05) is 25.1 Å². The monoisotopic (exact) mass is 257 g/mol. The fraction of sp³-hybridized carbons (Fsp3) is 0.333. The van der Waals surface area contributed by atoms with Crippen LogP contribution in [0.25, 0.3) is 10.9 Å². The lowest BCUT2D eigenvalue weighted by molar-refractivity contribution is -0.140. The van der Waals surface area contributed by atoms with Gasteiger partial charge in [-0.15, -0.1) is 0 Å². The van der Waals surface area contributed by atoms with E-state index in [0.717, 1.165) is 22.2 Å². The summed E-state index contributed by atoms with van der Waals surface area (Å²) in [4.78, 5) is 23.8. The number of hydrogen-bond donors (Lipinski definition) is 1. The van der Waals surface area contributed by atoms with Crippen LogP contribution >= 0.6 is 0 Å². The van der Waals surface area contributed by atoms with E-state index in [9.17, 15) is 14.7 Å². The first-order valence-electron chi connectivity index (χ1n) is 6.44. The van der Waals surface area contributed by atoms with Gasteiger partial charge in [0.25, 0.3) is 0 Å². The van der Waals surface area contributed by atoms with Gasteiger partial charge in [0.15, 0.2) is 0 Å². The number of hydrogen-bond acceptors (Lipinski definition) is 2. The molecule has 2 unspecified atom stereocenters. The van der Waals surface area contributed by atoms with Crippen LogP contribution in [0.1, 0.15) is 35.3 Å². The lowest BCUT2D eigenvalue weighted by Crippen LogP contribution is -2.25. The lowest BCUT2D eigenvalue weighted by atomic mass is 9.88. The summed E-state index contributed by atoms with van der Waals surface area (Å²) in [5, 5.41) is 10.3. The van der Waals surface area contributed by atoms with Crippen molar-refractivity contribution in [3.8, 4) is 0 Å². The largest absolute Gasteiger partial charge is 0.481 e. The van der Waals surface area contributed by atoms with E-state index in [4.69, 9.17) is 0 Å². The van der Waals surface area contributed by atoms with Crippen molar-refractivity contribution in [1.82, 2.24) is 4.57 Å². The molecule has 0 amide bonds. The Hall–Kier alpha value is -2.10. The molecule has 0 saturated heterocycles. The zero-order chi connectivity index (χ0) is 13.7. The van der Waals surface area contributed by atoms with Crippen molar-refractivity contribution in [1.29, 1.82) is 0 Å². The zero-order valence-electron chi connectivity index (χ0n) is 10.9. The first-order chi connectivity index (χ1) is 9.07. The van der Waals surface area contributed by atoms with Gasteiger partial charge in [0.1, 0.15) is 5.92 Å². The van der Waals surface area contributed by atoms with Crippen LogP contribution in [0.2, 0.25) is 0 Å². The molecule has 1 aliphatic heterocycles. The summed E-state index contributed by atoms with van der Waals surface area (Å²) in [6.07, 6.45) is 0.653. The van der Waals surface area contributed by atoms with E-state index in [1.165, 1.54) is 0 Å². The quantitative estimate of drug-likeness (QED) is 0.841. The Morgan fingerprint density at radius 2 is 2.05 bits per heavy atom. The Bertz CT molecular complexity index is 699. The van der Waals surface area contributed by atoms with Crippen LogP contribution < -0.4 is 0 Å². The number of rotatable bonds is 2. The average Bonchev–Trinajstić information content (AvgIpc) is 2.85. The fourth-order valence-electron chi connectivity index (χ4n) is 3.28. The predicted molar refractivity (Wildman–Crippen MR) is 71.5 cm³/mol. The van der Waals surface area contributed by atoms with Crippen molar-refractivity contribution in [2.75, 3.05) is 0 Å². The van der Waals surface area contributed by atoms with Gasteiger partial charge in [-0.3, -0.25) is 14.2 Å². The third kappa shape index (κ3) is 1.40. The Labute approximate surface area is 110 Å². The SMILES string of the molecule is CCC1c2c(C)c3ccccc3n2C(=O)C1C(=O)O. The molecule has 1 aromatic carbocycles. The summed E-state index contributed by atoms with van der Waals surface area (Å²) in [7, 11) is 0. The molecular formula is C15H15NO3. The smallest absolute Gasteiger partial charge is 0.316 e. The molecule has 1 aromatic heterocycles. The van der Waals surface area contributed by atoms with Gasteiger partial charge in [0, 0.05) is 17.0 Å².